The van der Waals surface area contributed by atoms with Crippen molar-refractivity contribution in [2.75, 3.05) is 6.61 Å². The fourth-order valence-electron chi connectivity index (χ4n) is 1.73. The molecule has 0 fully saturated rings. The van der Waals surface area contributed by atoms with Crippen LogP contribution in [0.15, 0.2) is 54.6 Å². The van der Waals surface area contributed by atoms with Crippen LogP contribution >= 0.6 is 0 Å². The molecule has 0 aromatic heterocycles. The molecule has 0 aliphatic carbocycles. The fraction of sp³-hybridized carbons (Fsp3) is 0.412. The van der Waals surface area contributed by atoms with Crippen molar-refractivity contribution in [3.8, 4) is 0 Å². The van der Waals surface area contributed by atoms with Gasteiger partial charge in [0.15, 0.2) is 0 Å². The van der Waals surface area contributed by atoms with Gasteiger partial charge in [0.1, 0.15) is 0 Å². The van der Waals surface area contributed by atoms with Gasteiger partial charge >= 0.3 is 0 Å². The molecule has 1 atom stereocenters. The van der Waals surface area contributed by atoms with Crippen LogP contribution in [0, 0.1) is 0 Å². The Morgan fingerprint density at radius 1 is 1.37 bits per heavy atom. The zero-order valence-electron chi connectivity index (χ0n) is 11.7. The van der Waals surface area contributed by atoms with E-state index in [0.717, 1.165) is 18.4 Å². The number of allylic oxidation sites excluding steroid dienone is 2. The molecule has 0 heterocycles. The van der Waals surface area contributed by atoms with E-state index in [1.165, 1.54) is 5.56 Å². The highest BCUT2D eigenvalue weighted by atomic mass is 16.5. The van der Waals surface area contributed by atoms with Gasteiger partial charge in [0.2, 0.25) is 0 Å². The van der Waals surface area contributed by atoms with Gasteiger partial charge in [-0.25, -0.2) is 0 Å². The van der Waals surface area contributed by atoms with E-state index >= 15 is 0 Å². The minimum Gasteiger partial charge on any atom is -0.393 e. The highest BCUT2D eigenvalue weighted by molar-refractivity contribution is 5.13. The molecule has 1 aromatic carbocycles. The monoisotopic (exact) mass is 260 g/mol. The first-order chi connectivity index (χ1) is 9.18. The van der Waals surface area contributed by atoms with Crippen molar-refractivity contribution in [3.05, 3.63) is 60.2 Å². The van der Waals surface area contributed by atoms with E-state index in [9.17, 15) is 5.11 Å². The molecule has 1 unspecified atom stereocenters. The van der Waals surface area contributed by atoms with Crippen LogP contribution in [0.2, 0.25) is 0 Å². The molecule has 1 aromatic rings. The van der Waals surface area contributed by atoms with Gasteiger partial charge in [-0.3, -0.25) is 0 Å². The van der Waals surface area contributed by atoms with Crippen LogP contribution in [0.25, 0.3) is 0 Å². The van der Waals surface area contributed by atoms with Gasteiger partial charge in [-0.05, 0) is 31.7 Å². The van der Waals surface area contributed by atoms with Crippen LogP contribution in [0.5, 0.6) is 0 Å². The molecule has 1 rings (SSSR count). The Morgan fingerprint density at radius 2 is 2.11 bits per heavy atom. The van der Waals surface area contributed by atoms with Crippen molar-refractivity contribution in [3.63, 3.8) is 0 Å². The van der Waals surface area contributed by atoms with E-state index in [0.29, 0.717) is 19.6 Å². The Balaban J connectivity index is 2.03. The summed E-state index contributed by atoms with van der Waals surface area (Å²) in [6.07, 6.45) is 5.97. The largest absolute Gasteiger partial charge is 0.393 e. The number of aliphatic hydroxyl groups is 1. The van der Waals surface area contributed by atoms with E-state index in [4.69, 9.17) is 4.74 Å². The molecule has 0 aliphatic heterocycles. The van der Waals surface area contributed by atoms with Crippen LogP contribution in [0.1, 0.15) is 31.7 Å². The number of hydrogen-bond acceptors (Lipinski definition) is 2. The summed E-state index contributed by atoms with van der Waals surface area (Å²) in [5.41, 5.74) is 2.20. The lowest BCUT2D eigenvalue weighted by atomic mass is 10.1. The topological polar surface area (TPSA) is 29.5 Å². The highest BCUT2D eigenvalue weighted by Crippen LogP contribution is 2.06. The molecule has 0 spiro atoms. The molecular formula is C17H24O2. The number of ether oxygens (including phenoxy) is 1. The van der Waals surface area contributed by atoms with Gasteiger partial charge in [-0.1, -0.05) is 54.6 Å². The molecule has 19 heavy (non-hydrogen) atoms. The van der Waals surface area contributed by atoms with Crippen LogP contribution in [-0.4, -0.2) is 17.8 Å². The Labute approximate surface area is 116 Å². The van der Waals surface area contributed by atoms with Gasteiger partial charge in [-0.15, -0.1) is 0 Å². The Bertz CT molecular complexity index is 382. The van der Waals surface area contributed by atoms with Crippen molar-refractivity contribution in [2.24, 2.45) is 0 Å². The maximum Gasteiger partial charge on any atom is 0.0716 e. The third-order valence-corrected chi connectivity index (χ3v) is 2.75. The second kappa shape index (κ2) is 9.54. The summed E-state index contributed by atoms with van der Waals surface area (Å²) in [6.45, 7) is 7.06. The Kier molecular flexibility index (Phi) is 7.87. The van der Waals surface area contributed by atoms with E-state index < -0.39 is 0 Å². The number of hydrogen-bond donors (Lipinski definition) is 1. The van der Waals surface area contributed by atoms with E-state index in [2.05, 4.69) is 18.7 Å². The number of benzene rings is 1. The average molecular weight is 260 g/mol. The molecule has 0 amide bonds. The number of rotatable bonds is 9. The predicted octanol–water partition coefficient (Wildman–Crippen LogP) is 3.87. The lowest BCUT2D eigenvalue weighted by molar-refractivity contribution is 0.0979. The molecule has 2 nitrogen and oxygen atoms in total. The Hall–Kier alpha value is -1.38. The van der Waals surface area contributed by atoms with E-state index in [1.807, 2.05) is 37.3 Å². The first-order valence-electron chi connectivity index (χ1n) is 6.80. The van der Waals surface area contributed by atoms with Crippen LogP contribution in [0.3, 0.4) is 0 Å². The van der Waals surface area contributed by atoms with E-state index in [1.54, 1.807) is 0 Å². The summed E-state index contributed by atoms with van der Waals surface area (Å²) in [7, 11) is 0. The van der Waals surface area contributed by atoms with Gasteiger partial charge in [0.05, 0.1) is 12.7 Å². The van der Waals surface area contributed by atoms with Crippen molar-refractivity contribution < 1.29 is 9.84 Å². The van der Waals surface area contributed by atoms with E-state index in [-0.39, 0.29) is 6.10 Å². The summed E-state index contributed by atoms with van der Waals surface area (Å²) in [5, 5.41) is 9.74. The maximum absolute atomic E-state index is 9.74. The molecule has 2 heteroatoms. The predicted molar refractivity (Wildman–Crippen MR) is 79.9 cm³/mol. The van der Waals surface area contributed by atoms with Crippen molar-refractivity contribution in [1.29, 1.82) is 0 Å². The third kappa shape index (κ3) is 8.36. The van der Waals surface area contributed by atoms with Crippen LogP contribution in [0.4, 0.5) is 0 Å². The molecular weight excluding hydrogens is 236 g/mol. The van der Waals surface area contributed by atoms with Crippen molar-refractivity contribution in [1.82, 2.24) is 0 Å². The lowest BCUT2D eigenvalue weighted by Crippen LogP contribution is -2.06. The minimum atomic E-state index is -0.282. The quantitative estimate of drug-likeness (QED) is 0.539. The lowest BCUT2D eigenvalue weighted by Gasteiger charge is -2.08. The molecule has 0 saturated heterocycles. The number of aliphatic hydroxyl groups excluding tert-OH is 1. The third-order valence-electron chi connectivity index (χ3n) is 2.75. The summed E-state index contributed by atoms with van der Waals surface area (Å²) < 4.78 is 5.57. The maximum atomic E-state index is 9.74. The summed E-state index contributed by atoms with van der Waals surface area (Å²) in [5.74, 6) is 0. The summed E-state index contributed by atoms with van der Waals surface area (Å²) in [4.78, 5) is 0. The van der Waals surface area contributed by atoms with Gasteiger partial charge in [0.25, 0.3) is 0 Å². The zero-order valence-corrected chi connectivity index (χ0v) is 11.7. The van der Waals surface area contributed by atoms with Gasteiger partial charge in [0, 0.05) is 6.61 Å². The molecule has 0 aliphatic rings. The molecule has 1 N–H and O–H groups in total. The first-order valence-corrected chi connectivity index (χ1v) is 6.80. The smallest absolute Gasteiger partial charge is 0.0716 e. The molecule has 0 bridgehead atoms. The van der Waals surface area contributed by atoms with Crippen LogP contribution in [-0.2, 0) is 11.3 Å². The second-order valence-electron chi connectivity index (χ2n) is 4.82. The van der Waals surface area contributed by atoms with Crippen LogP contribution < -0.4 is 0 Å². The van der Waals surface area contributed by atoms with Gasteiger partial charge < -0.3 is 9.84 Å². The SMILES string of the molecule is C=C(C)/C=C\CC(O)CCCOCc1ccccc1. The average Bonchev–Trinajstić information content (AvgIpc) is 2.39. The zero-order chi connectivity index (χ0) is 13.9. The molecule has 0 saturated carbocycles. The normalized spacial score (nSPS) is 12.7. The summed E-state index contributed by atoms with van der Waals surface area (Å²) in [6, 6.07) is 10.1. The van der Waals surface area contributed by atoms with Crippen molar-refractivity contribution in [2.45, 2.75) is 38.9 Å². The first kappa shape index (κ1) is 15.7. The standard InChI is InChI=1S/C17H24O2/c1-15(2)8-6-11-17(18)12-7-13-19-14-16-9-4-3-5-10-16/h3-6,8-10,17-18H,1,7,11-14H2,2H3/b8-6-. The second-order valence-corrected chi connectivity index (χ2v) is 4.82. The minimum absolute atomic E-state index is 0.282. The molecule has 0 radical (unpaired) electrons. The fourth-order valence-corrected chi connectivity index (χ4v) is 1.73. The van der Waals surface area contributed by atoms with Gasteiger partial charge in [-0.2, -0.15) is 0 Å². The molecule has 104 valence electrons. The Morgan fingerprint density at radius 3 is 2.79 bits per heavy atom. The van der Waals surface area contributed by atoms with Crippen molar-refractivity contribution >= 4 is 0 Å². The highest BCUT2D eigenvalue weighted by Gasteiger charge is 2.01. The summed E-state index contributed by atoms with van der Waals surface area (Å²) >= 11 is 0.